The van der Waals surface area contributed by atoms with Crippen LogP contribution >= 0.6 is 11.8 Å². The van der Waals surface area contributed by atoms with E-state index in [1.165, 1.54) is 24.6 Å². The Morgan fingerprint density at radius 2 is 2.10 bits per heavy atom. The van der Waals surface area contributed by atoms with E-state index in [1.54, 1.807) is 4.52 Å². The van der Waals surface area contributed by atoms with Crippen LogP contribution in [0.1, 0.15) is 25.0 Å². The Labute approximate surface area is 177 Å². The fourth-order valence-corrected chi connectivity index (χ4v) is 3.91. The molecule has 3 N–H and O–H groups in total. The fourth-order valence-electron chi connectivity index (χ4n) is 3.16. The number of nitrogens with zero attached hydrogens (tertiary/aromatic N) is 4. The van der Waals surface area contributed by atoms with Crippen LogP contribution in [0.3, 0.4) is 0 Å². The van der Waals surface area contributed by atoms with E-state index in [4.69, 9.17) is 0 Å². The van der Waals surface area contributed by atoms with Gasteiger partial charge in [0.1, 0.15) is 5.52 Å². The topological polar surface area (TPSA) is 100 Å². The van der Waals surface area contributed by atoms with E-state index in [1.807, 2.05) is 55.6 Å². The van der Waals surface area contributed by atoms with E-state index < -0.39 is 0 Å². The zero-order valence-corrected chi connectivity index (χ0v) is 17.2. The van der Waals surface area contributed by atoms with Crippen LogP contribution in [0.15, 0.2) is 58.7 Å². The quantitative estimate of drug-likeness (QED) is 0.411. The molecule has 9 heteroatoms. The highest BCUT2D eigenvalue weighted by molar-refractivity contribution is 7.99. The Morgan fingerprint density at radius 3 is 2.83 bits per heavy atom. The van der Waals surface area contributed by atoms with E-state index in [2.05, 4.69) is 30.9 Å². The van der Waals surface area contributed by atoms with E-state index >= 15 is 0 Å². The first-order valence-corrected chi connectivity index (χ1v) is 10.7. The molecule has 152 valence electrons. The van der Waals surface area contributed by atoms with Crippen molar-refractivity contribution in [1.82, 2.24) is 24.8 Å². The smallest absolute Gasteiger partial charge is 0.224 e. The standard InChI is InChI=1S/C21H21N7OS/c1-13-11-18(26-25-13)23-20-17-3-2-10-28(17)27-21(24-20)30-16-8-6-15(7-9-16)22-19(29)12-14-4-5-14/h2-3,6-11,14H,4-5,12H2,1H3,(H,22,29)(H2,23,24,25,26,27). The summed E-state index contributed by atoms with van der Waals surface area (Å²) in [6, 6.07) is 13.5. The molecule has 0 aliphatic heterocycles. The van der Waals surface area contributed by atoms with Crippen molar-refractivity contribution in [3.8, 4) is 0 Å². The molecular weight excluding hydrogens is 398 g/mol. The van der Waals surface area contributed by atoms with Gasteiger partial charge in [0.15, 0.2) is 11.6 Å². The van der Waals surface area contributed by atoms with Crippen LogP contribution in [-0.4, -0.2) is 30.7 Å². The number of fused-ring (bicyclic) bond motifs is 1. The second-order valence-corrected chi connectivity index (χ2v) is 8.50. The van der Waals surface area contributed by atoms with Crippen LogP contribution < -0.4 is 10.6 Å². The molecule has 8 nitrogen and oxygen atoms in total. The van der Waals surface area contributed by atoms with Gasteiger partial charge in [0.05, 0.1) is 0 Å². The number of rotatable bonds is 7. The molecule has 5 rings (SSSR count). The second-order valence-electron chi connectivity index (χ2n) is 7.46. The van der Waals surface area contributed by atoms with Crippen LogP contribution in [0, 0.1) is 12.8 Å². The third-order valence-electron chi connectivity index (χ3n) is 4.84. The lowest BCUT2D eigenvalue weighted by molar-refractivity contribution is -0.116. The van der Waals surface area contributed by atoms with E-state index in [-0.39, 0.29) is 5.91 Å². The van der Waals surface area contributed by atoms with Gasteiger partial charge in [0, 0.05) is 35.0 Å². The third kappa shape index (κ3) is 4.30. The number of aromatic nitrogens is 5. The maximum absolute atomic E-state index is 12.0. The number of nitrogens with one attached hydrogen (secondary N) is 3. The molecule has 0 saturated heterocycles. The molecule has 1 saturated carbocycles. The molecule has 4 aromatic rings. The van der Waals surface area contributed by atoms with Gasteiger partial charge in [-0.05, 0) is 73.8 Å². The number of aryl methyl sites for hydroxylation is 1. The Hall–Kier alpha value is -3.33. The van der Waals surface area contributed by atoms with Gasteiger partial charge < -0.3 is 10.6 Å². The summed E-state index contributed by atoms with van der Waals surface area (Å²) in [7, 11) is 0. The summed E-state index contributed by atoms with van der Waals surface area (Å²) in [4.78, 5) is 17.6. The van der Waals surface area contributed by atoms with Crippen molar-refractivity contribution in [3.05, 3.63) is 54.4 Å². The third-order valence-corrected chi connectivity index (χ3v) is 5.71. The number of carbonyl (C=O) groups is 1. The normalized spacial score (nSPS) is 13.5. The molecule has 3 heterocycles. The number of amides is 1. The molecule has 30 heavy (non-hydrogen) atoms. The molecule has 0 radical (unpaired) electrons. The first-order valence-electron chi connectivity index (χ1n) is 9.84. The summed E-state index contributed by atoms with van der Waals surface area (Å²) in [6.45, 7) is 1.95. The summed E-state index contributed by atoms with van der Waals surface area (Å²) in [5, 5.41) is 18.5. The highest BCUT2D eigenvalue weighted by Gasteiger charge is 2.24. The molecule has 0 atom stereocenters. The van der Waals surface area contributed by atoms with Gasteiger partial charge in [-0.15, -0.1) is 5.10 Å². The predicted octanol–water partition coefficient (Wildman–Crippen LogP) is 4.39. The van der Waals surface area contributed by atoms with Crippen LogP contribution in [0.2, 0.25) is 0 Å². The van der Waals surface area contributed by atoms with Crippen molar-refractivity contribution < 1.29 is 4.79 Å². The van der Waals surface area contributed by atoms with Gasteiger partial charge in [-0.25, -0.2) is 9.50 Å². The Bertz CT molecular complexity index is 1190. The monoisotopic (exact) mass is 419 g/mol. The molecule has 1 aliphatic carbocycles. The summed E-state index contributed by atoms with van der Waals surface area (Å²) in [5.41, 5.74) is 2.65. The molecule has 1 aromatic carbocycles. The molecule has 1 aliphatic rings. The van der Waals surface area contributed by atoms with Crippen molar-refractivity contribution in [2.45, 2.75) is 36.2 Å². The lowest BCUT2D eigenvalue weighted by Crippen LogP contribution is -2.11. The van der Waals surface area contributed by atoms with Gasteiger partial charge in [0.25, 0.3) is 0 Å². The highest BCUT2D eigenvalue weighted by atomic mass is 32.2. The Morgan fingerprint density at radius 1 is 1.27 bits per heavy atom. The van der Waals surface area contributed by atoms with Crippen LogP contribution in [0.25, 0.3) is 5.52 Å². The molecule has 0 spiro atoms. The molecule has 1 fully saturated rings. The molecular formula is C21H21N7OS. The van der Waals surface area contributed by atoms with Crippen LogP contribution in [0.5, 0.6) is 0 Å². The maximum Gasteiger partial charge on any atom is 0.224 e. The number of H-pyrrole nitrogens is 1. The Balaban J connectivity index is 1.32. The van der Waals surface area contributed by atoms with Crippen LogP contribution in [0.4, 0.5) is 17.3 Å². The molecule has 3 aromatic heterocycles. The number of hydrogen-bond donors (Lipinski definition) is 3. The largest absolute Gasteiger partial charge is 0.326 e. The summed E-state index contributed by atoms with van der Waals surface area (Å²) >= 11 is 1.46. The lowest BCUT2D eigenvalue weighted by Gasteiger charge is -2.08. The molecule has 0 unspecified atom stereocenters. The number of anilines is 3. The van der Waals surface area contributed by atoms with Crippen molar-refractivity contribution in [3.63, 3.8) is 0 Å². The fraction of sp³-hybridized carbons (Fsp3) is 0.238. The summed E-state index contributed by atoms with van der Waals surface area (Å²) < 4.78 is 1.80. The van der Waals surface area contributed by atoms with Gasteiger partial charge in [-0.3, -0.25) is 9.89 Å². The van der Waals surface area contributed by atoms with Gasteiger partial charge in [0.2, 0.25) is 11.1 Å². The second kappa shape index (κ2) is 7.83. The van der Waals surface area contributed by atoms with Gasteiger partial charge in [-0.1, -0.05) is 0 Å². The van der Waals surface area contributed by atoms with Crippen molar-refractivity contribution in [2.24, 2.45) is 5.92 Å². The zero-order chi connectivity index (χ0) is 20.5. The minimum Gasteiger partial charge on any atom is -0.326 e. The summed E-state index contributed by atoms with van der Waals surface area (Å²) in [6.07, 6.45) is 4.85. The summed E-state index contributed by atoms with van der Waals surface area (Å²) in [5.74, 6) is 2.06. The van der Waals surface area contributed by atoms with E-state index in [0.29, 0.717) is 29.1 Å². The SMILES string of the molecule is Cc1cc(Nc2nc(Sc3ccc(NC(=O)CC4CC4)cc3)nn3cccc23)n[nH]1. The van der Waals surface area contributed by atoms with Crippen molar-refractivity contribution in [1.29, 1.82) is 0 Å². The predicted molar refractivity (Wildman–Crippen MR) is 116 cm³/mol. The molecule has 0 bridgehead atoms. The van der Waals surface area contributed by atoms with Gasteiger partial charge in [-0.2, -0.15) is 5.10 Å². The van der Waals surface area contributed by atoms with Crippen molar-refractivity contribution in [2.75, 3.05) is 10.6 Å². The number of carbonyl (C=O) groups excluding carboxylic acids is 1. The first-order chi connectivity index (χ1) is 14.6. The highest BCUT2D eigenvalue weighted by Crippen LogP contribution is 2.33. The van der Waals surface area contributed by atoms with Gasteiger partial charge >= 0.3 is 0 Å². The van der Waals surface area contributed by atoms with E-state index in [9.17, 15) is 4.79 Å². The molecule has 1 amide bonds. The number of hydrogen-bond acceptors (Lipinski definition) is 6. The minimum absolute atomic E-state index is 0.0867. The first kappa shape index (κ1) is 18.7. The lowest BCUT2D eigenvalue weighted by atomic mass is 10.2. The van der Waals surface area contributed by atoms with Crippen molar-refractivity contribution >= 4 is 40.5 Å². The average molecular weight is 420 g/mol. The Kier molecular flexibility index (Phi) is 4.88. The zero-order valence-electron chi connectivity index (χ0n) is 16.4. The average Bonchev–Trinajstić information content (AvgIpc) is 3.22. The van der Waals surface area contributed by atoms with Crippen LogP contribution in [-0.2, 0) is 4.79 Å². The van der Waals surface area contributed by atoms with E-state index in [0.717, 1.165) is 21.8 Å². The minimum atomic E-state index is 0.0867. The number of benzene rings is 1. The maximum atomic E-state index is 12.0. The number of aromatic amines is 1.